The Hall–Kier alpha value is -3.97. The van der Waals surface area contributed by atoms with Gasteiger partial charge in [-0.1, -0.05) is 26.0 Å². The van der Waals surface area contributed by atoms with Crippen LogP contribution in [0, 0.1) is 0 Å². The second kappa shape index (κ2) is 8.85. The Labute approximate surface area is 215 Å². The van der Waals surface area contributed by atoms with Crippen molar-refractivity contribution in [3.63, 3.8) is 0 Å². The Morgan fingerprint density at radius 2 is 1.95 bits per heavy atom. The average molecular weight is 490 g/mol. The molecule has 0 saturated carbocycles. The zero-order valence-electron chi connectivity index (χ0n) is 21.3. The van der Waals surface area contributed by atoms with E-state index in [1.54, 1.807) is 6.33 Å². The van der Waals surface area contributed by atoms with Crippen molar-refractivity contribution in [1.82, 2.24) is 34.2 Å². The number of nitrogens with zero attached hydrogens (tertiary/aromatic N) is 5. The fourth-order valence-electron chi connectivity index (χ4n) is 6.06. The summed E-state index contributed by atoms with van der Waals surface area (Å²) in [6.45, 7) is 7.67. The van der Waals surface area contributed by atoms with Gasteiger partial charge in [0, 0.05) is 41.6 Å². The van der Waals surface area contributed by atoms with E-state index in [-0.39, 0.29) is 0 Å². The molecular formula is C30H31N7. The van der Waals surface area contributed by atoms with Crippen molar-refractivity contribution in [1.29, 1.82) is 0 Å². The molecule has 5 aromatic heterocycles. The van der Waals surface area contributed by atoms with Crippen molar-refractivity contribution >= 4 is 27.7 Å². The van der Waals surface area contributed by atoms with Gasteiger partial charge in [-0.2, -0.15) is 0 Å². The molecule has 0 bridgehead atoms. The van der Waals surface area contributed by atoms with Crippen molar-refractivity contribution < 1.29 is 0 Å². The van der Waals surface area contributed by atoms with Gasteiger partial charge in [-0.05, 0) is 79.2 Å². The van der Waals surface area contributed by atoms with E-state index in [0.29, 0.717) is 11.8 Å². The molecule has 1 aromatic carbocycles. The Balaban J connectivity index is 1.15. The highest BCUT2D eigenvalue weighted by molar-refractivity contribution is 5.97. The summed E-state index contributed by atoms with van der Waals surface area (Å²) in [4.78, 5) is 23.2. The first-order valence-corrected chi connectivity index (χ1v) is 13.2. The van der Waals surface area contributed by atoms with Crippen LogP contribution in [0.2, 0.25) is 0 Å². The summed E-state index contributed by atoms with van der Waals surface area (Å²) in [7, 11) is 0. The number of benzene rings is 1. The maximum absolute atomic E-state index is 4.79. The number of H-pyrrole nitrogens is 2. The molecule has 6 heterocycles. The quantitative estimate of drug-likeness (QED) is 0.300. The fourth-order valence-corrected chi connectivity index (χ4v) is 6.06. The van der Waals surface area contributed by atoms with Crippen LogP contribution < -0.4 is 0 Å². The molecule has 0 amide bonds. The molecule has 1 aliphatic heterocycles. The van der Waals surface area contributed by atoms with Gasteiger partial charge in [-0.3, -0.25) is 4.90 Å². The van der Waals surface area contributed by atoms with Gasteiger partial charge >= 0.3 is 0 Å². The number of likely N-dealkylation sites (tertiary alicyclic amines) is 1. The van der Waals surface area contributed by atoms with Crippen molar-refractivity contribution in [2.24, 2.45) is 0 Å². The number of piperidine rings is 1. The first-order valence-electron chi connectivity index (χ1n) is 13.2. The van der Waals surface area contributed by atoms with Gasteiger partial charge < -0.3 is 14.4 Å². The average Bonchev–Trinajstić information content (AvgIpc) is 3.64. The van der Waals surface area contributed by atoms with E-state index in [9.17, 15) is 0 Å². The minimum absolute atomic E-state index is 0.383. The molecule has 0 atom stereocenters. The molecule has 0 unspecified atom stereocenters. The molecule has 0 aliphatic carbocycles. The summed E-state index contributed by atoms with van der Waals surface area (Å²) in [6, 6.07) is 15.3. The standard InChI is InChI=1S/C30H31N7/c1-19(2)27-24-15-21(6-7-25(24)35-28(27)23-8-11-31-30-29(23)32-18-33-30)20-9-13-36(14-10-20)16-22-17-37-12-4-3-5-26(37)34-22/h3-8,11-12,15,17-20,35H,9-10,13-14,16H2,1-2H3,(H,31,32,33). The van der Waals surface area contributed by atoms with Crippen molar-refractivity contribution in [3.8, 4) is 11.3 Å². The number of imidazole rings is 2. The normalized spacial score (nSPS) is 15.5. The maximum Gasteiger partial charge on any atom is 0.157 e. The van der Waals surface area contributed by atoms with E-state index in [4.69, 9.17) is 4.98 Å². The van der Waals surface area contributed by atoms with E-state index in [0.717, 1.165) is 53.4 Å². The highest BCUT2D eigenvalue weighted by Gasteiger charge is 2.24. The summed E-state index contributed by atoms with van der Waals surface area (Å²) in [6.07, 6.45) is 10.1. The number of fused-ring (bicyclic) bond motifs is 3. The minimum atomic E-state index is 0.383. The second-order valence-electron chi connectivity index (χ2n) is 10.6. The zero-order chi connectivity index (χ0) is 24.9. The number of nitrogens with one attached hydrogen (secondary N) is 2. The summed E-state index contributed by atoms with van der Waals surface area (Å²) in [5.74, 6) is 0.965. The SMILES string of the molecule is CC(C)c1c(-c2ccnc3[nH]cnc23)[nH]c2ccc(C3CCN(Cc4cn5ccccc5n4)CC3)cc12. The summed E-state index contributed by atoms with van der Waals surface area (Å²) >= 11 is 0. The topological polar surface area (TPSA) is 77.9 Å². The number of rotatable bonds is 5. The smallest absolute Gasteiger partial charge is 0.157 e. The third-order valence-corrected chi connectivity index (χ3v) is 7.89. The molecule has 2 N–H and O–H groups in total. The molecule has 7 rings (SSSR count). The maximum atomic E-state index is 4.79. The predicted molar refractivity (Wildman–Crippen MR) is 148 cm³/mol. The fraction of sp³-hybridized carbons (Fsp3) is 0.300. The molecule has 1 saturated heterocycles. The lowest BCUT2D eigenvalue weighted by Gasteiger charge is -2.31. The number of hydrogen-bond donors (Lipinski definition) is 2. The number of hydrogen-bond acceptors (Lipinski definition) is 4. The zero-order valence-corrected chi connectivity index (χ0v) is 21.3. The van der Waals surface area contributed by atoms with Crippen LogP contribution in [0.1, 0.15) is 55.3 Å². The van der Waals surface area contributed by atoms with Gasteiger partial charge in [0.05, 0.1) is 17.7 Å². The summed E-state index contributed by atoms with van der Waals surface area (Å²) < 4.78 is 2.11. The lowest BCUT2D eigenvalue weighted by atomic mass is 9.87. The second-order valence-corrected chi connectivity index (χ2v) is 10.6. The van der Waals surface area contributed by atoms with Crippen LogP contribution in [0.25, 0.3) is 39.0 Å². The molecule has 6 aromatic rings. The van der Waals surface area contributed by atoms with E-state index in [1.165, 1.54) is 34.9 Å². The lowest BCUT2D eigenvalue weighted by molar-refractivity contribution is 0.203. The van der Waals surface area contributed by atoms with Crippen molar-refractivity contribution in [3.05, 3.63) is 84.2 Å². The van der Waals surface area contributed by atoms with Crippen molar-refractivity contribution in [2.75, 3.05) is 13.1 Å². The van der Waals surface area contributed by atoms with Crippen LogP contribution in [0.3, 0.4) is 0 Å². The van der Waals surface area contributed by atoms with Crippen LogP contribution in [-0.2, 0) is 6.54 Å². The van der Waals surface area contributed by atoms with E-state index in [1.807, 2.05) is 18.3 Å². The van der Waals surface area contributed by atoms with Gasteiger partial charge in [0.2, 0.25) is 0 Å². The Kier molecular flexibility index (Phi) is 5.32. The van der Waals surface area contributed by atoms with E-state index < -0.39 is 0 Å². The Morgan fingerprint density at radius 1 is 1.05 bits per heavy atom. The van der Waals surface area contributed by atoms with Crippen molar-refractivity contribution in [2.45, 2.75) is 45.1 Å². The highest BCUT2D eigenvalue weighted by Crippen LogP contribution is 2.39. The molecule has 0 radical (unpaired) electrons. The number of pyridine rings is 2. The van der Waals surface area contributed by atoms with Crippen LogP contribution in [-0.4, -0.2) is 47.3 Å². The Morgan fingerprint density at radius 3 is 2.78 bits per heavy atom. The third-order valence-electron chi connectivity index (χ3n) is 7.89. The van der Waals surface area contributed by atoms with Gasteiger partial charge in [0.15, 0.2) is 5.65 Å². The van der Waals surface area contributed by atoms with Crippen LogP contribution in [0.4, 0.5) is 0 Å². The van der Waals surface area contributed by atoms with E-state index >= 15 is 0 Å². The molecule has 7 heteroatoms. The van der Waals surface area contributed by atoms with Gasteiger partial charge in [-0.25, -0.2) is 15.0 Å². The first-order chi connectivity index (χ1) is 18.1. The van der Waals surface area contributed by atoms with E-state index in [2.05, 4.69) is 85.8 Å². The molecule has 0 spiro atoms. The van der Waals surface area contributed by atoms with Gasteiger partial charge in [-0.15, -0.1) is 0 Å². The number of aromatic amines is 2. The third kappa shape index (κ3) is 3.90. The van der Waals surface area contributed by atoms with Crippen LogP contribution in [0.5, 0.6) is 0 Å². The molecule has 37 heavy (non-hydrogen) atoms. The monoisotopic (exact) mass is 489 g/mol. The predicted octanol–water partition coefficient (Wildman–Crippen LogP) is 6.26. The van der Waals surface area contributed by atoms with Gasteiger partial charge in [0.1, 0.15) is 11.2 Å². The summed E-state index contributed by atoms with van der Waals surface area (Å²) in [5, 5.41) is 1.33. The molecule has 1 aliphatic rings. The molecule has 1 fully saturated rings. The van der Waals surface area contributed by atoms with Crippen LogP contribution in [0.15, 0.2) is 67.4 Å². The van der Waals surface area contributed by atoms with Crippen LogP contribution >= 0.6 is 0 Å². The molecule has 7 nitrogen and oxygen atoms in total. The largest absolute Gasteiger partial charge is 0.354 e. The molecule has 186 valence electrons. The van der Waals surface area contributed by atoms with Gasteiger partial charge in [0.25, 0.3) is 0 Å². The highest BCUT2D eigenvalue weighted by atomic mass is 15.1. The number of aromatic nitrogens is 6. The first kappa shape index (κ1) is 22.2. The molecular weight excluding hydrogens is 458 g/mol. The Bertz CT molecular complexity index is 1680. The summed E-state index contributed by atoms with van der Waals surface area (Å²) in [5.41, 5.74) is 10.2. The lowest BCUT2D eigenvalue weighted by Crippen LogP contribution is -2.32. The minimum Gasteiger partial charge on any atom is -0.354 e.